The zero-order chi connectivity index (χ0) is 14.8. The molecule has 110 valence electrons. The first-order chi connectivity index (χ1) is 10.1. The molecule has 21 heavy (non-hydrogen) atoms. The van der Waals surface area contributed by atoms with E-state index in [9.17, 15) is 0 Å². The Hall–Kier alpha value is -2.30. The number of nitrogen functional groups attached to an aromatic ring is 1. The third-order valence-corrected chi connectivity index (χ3v) is 3.58. The molecule has 2 N–H and O–H groups in total. The second-order valence-corrected chi connectivity index (χ2v) is 5.54. The number of benzene rings is 1. The Morgan fingerprint density at radius 2 is 2.14 bits per heavy atom. The fourth-order valence-corrected chi connectivity index (χ4v) is 2.62. The van der Waals surface area contributed by atoms with Crippen molar-refractivity contribution in [1.82, 2.24) is 9.97 Å². The second kappa shape index (κ2) is 5.60. The molecule has 0 fully saturated rings. The van der Waals surface area contributed by atoms with Crippen LogP contribution >= 0.6 is 0 Å². The third kappa shape index (κ3) is 2.91. The summed E-state index contributed by atoms with van der Waals surface area (Å²) in [7, 11) is 0. The zero-order valence-corrected chi connectivity index (χ0v) is 12.4. The lowest BCUT2D eigenvalue weighted by atomic mass is 9.98. The summed E-state index contributed by atoms with van der Waals surface area (Å²) in [6.07, 6.45) is 4.46. The van der Waals surface area contributed by atoms with E-state index in [-0.39, 0.29) is 6.10 Å². The predicted octanol–water partition coefficient (Wildman–Crippen LogP) is 2.41. The molecule has 0 spiro atoms. The van der Waals surface area contributed by atoms with E-state index in [2.05, 4.69) is 20.9 Å². The second-order valence-electron chi connectivity index (χ2n) is 5.54. The van der Waals surface area contributed by atoms with Gasteiger partial charge in [0.15, 0.2) is 5.82 Å². The lowest BCUT2D eigenvalue weighted by Gasteiger charge is -2.30. The van der Waals surface area contributed by atoms with Crippen LogP contribution in [0.5, 0.6) is 5.88 Å². The molecule has 0 bridgehead atoms. The Bertz CT molecular complexity index is 642. The minimum atomic E-state index is 0.0939. The van der Waals surface area contributed by atoms with Gasteiger partial charge in [-0.3, -0.25) is 4.98 Å². The molecular weight excluding hydrogens is 264 g/mol. The predicted molar refractivity (Wildman–Crippen MR) is 83.4 cm³/mol. The first-order valence-corrected chi connectivity index (χ1v) is 7.23. The number of fused-ring (bicyclic) bond motifs is 1. The zero-order valence-electron chi connectivity index (χ0n) is 12.4. The van der Waals surface area contributed by atoms with Crippen molar-refractivity contribution in [3.63, 3.8) is 0 Å². The van der Waals surface area contributed by atoms with Crippen molar-refractivity contribution in [2.45, 2.75) is 32.9 Å². The molecule has 5 nitrogen and oxygen atoms in total. The highest BCUT2D eigenvalue weighted by Gasteiger charge is 2.19. The highest BCUT2D eigenvalue weighted by atomic mass is 16.5. The number of aromatic nitrogens is 2. The van der Waals surface area contributed by atoms with Crippen LogP contribution in [-0.4, -0.2) is 22.6 Å². The summed E-state index contributed by atoms with van der Waals surface area (Å²) >= 11 is 0. The summed E-state index contributed by atoms with van der Waals surface area (Å²) < 4.78 is 5.61. The Morgan fingerprint density at radius 1 is 1.29 bits per heavy atom. The number of hydrogen-bond acceptors (Lipinski definition) is 5. The van der Waals surface area contributed by atoms with Crippen LogP contribution in [0.1, 0.15) is 25.0 Å². The van der Waals surface area contributed by atoms with Gasteiger partial charge in [-0.05, 0) is 37.5 Å². The first kappa shape index (κ1) is 13.7. The van der Waals surface area contributed by atoms with E-state index in [4.69, 9.17) is 10.5 Å². The molecule has 1 aliphatic rings. The Labute approximate surface area is 124 Å². The van der Waals surface area contributed by atoms with Crippen molar-refractivity contribution in [1.29, 1.82) is 0 Å². The van der Waals surface area contributed by atoms with Crippen LogP contribution in [0.3, 0.4) is 0 Å². The number of rotatable bonds is 3. The van der Waals surface area contributed by atoms with Gasteiger partial charge in [-0.1, -0.05) is 12.1 Å². The Balaban J connectivity index is 1.83. The minimum Gasteiger partial charge on any atom is -0.474 e. The molecular formula is C16H20N4O. The Morgan fingerprint density at radius 3 is 2.95 bits per heavy atom. The lowest BCUT2D eigenvalue weighted by molar-refractivity contribution is 0.231. The standard InChI is InChI=1S/C16H20N4O/c1-11(2)21-16-9-18-8-15(19-16)20-7-6-13-12(10-20)4-3-5-14(13)17/h3-5,8-9,11H,6-7,10,17H2,1-2H3. The summed E-state index contributed by atoms with van der Waals surface area (Å²) in [5, 5.41) is 0. The van der Waals surface area contributed by atoms with Crippen molar-refractivity contribution in [2.75, 3.05) is 17.2 Å². The van der Waals surface area contributed by atoms with Crippen molar-refractivity contribution in [2.24, 2.45) is 0 Å². The molecule has 0 saturated heterocycles. The average Bonchev–Trinajstić information content (AvgIpc) is 2.47. The molecule has 1 aromatic heterocycles. The fraction of sp³-hybridized carbons (Fsp3) is 0.375. The van der Waals surface area contributed by atoms with E-state index in [1.54, 1.807) is 12.4 Å². The summed E-state index contributed by atoms with van der Waals surface area (Å²) in [5.74, 6) is 1.42. The SMILES string of the molecule is CC(C)Oc1cncc(N2CCc3c(N)cccc3C2)n1. The van der Waals surface area contributed by atoms with Crippen LogP contribution in [0.2, 0.25) is 0 Å². The van der Waals surface area contributed by atoms with Crippen LogP contribution in [0.25, 0.3) is 0 Å². The molecule has 0 aliphatic carbocycles. The van der Waals surface area contributed by atoms with Crippen LogP contribution in [0, 0.1) is 0 Å². The quantitative estimate of drug-likeness (QED) is 0.877. The number of anilines is 2. The summed E-state index contributed by atoms with van der Waals surface area (Å²) in [5.41, 5.74) is 9.45. The van der Waals surface area contributed by atoms with Crippen LogP contribution in [-0.2, 0) is 13.0 Å². The molecule has 5 heteroatoms. The maximum Gasteiger partial charge on any atom is 0.234 e. The lowest BCUT2D eigenvalue weighted by Crippen LogP contribution is -2.31. The molecule has 0 atom stereocenters. The molecule has 3 rings (SSSR count). The smallest absolute Gasteiger partial charge is 0.234 e. The van der Waals surface area contributed by atoms with Gasteiger partial charge in [0.05, 0.1) is 18.5 Å². The normalized spacial score (nSPS) is 14.1. The van der Waals surface area contributed by atoms with Crippen LogP contribution in [0.15, 0.2) is 30.6 Å². The monoisotopic (exact) mass is 284 g/mol. The fourth-order valence-electron chi connectivity index (χ4n) is 2.62. The van der Waals surface area contributed by atoms with Crippen molar-refractivity contribution >= 4 is 11.5 Å². The molecule has 2 heterocycles. The van der Waals surface area contributed by atoms with E-state index in [0.29, 0.717) is 5.88 Å². The van der Waals surface area contributed by atoms with Gasteiger partial charge in [0.25, 0.3) is 0 Å². The topological polar surface area (TPSA) is 64.3 Å². The van der Waals surface area contributed by atoms with E-state index in [0.717, 1.165) is 31.0 Å². The van der Waals surface area contributed by atoms with Crippen molar-refractivity contribution < 1.29 is 4.74 Å². The molecule has 0 unspecified atom stereocenters. The Kier molecular flexibility index (Phi) is 3.64. The van der Waals surface area contributed by atoms with Gasteiger partial charge in [0, 0.05) is 18.8 Å². The van der Waals surface area contributed by atoms with Gasteiger partial charge in [-0.25, -0.2) is 0 Å². The molecule has 0 amide bonds. The molecule has 0 radical (unpaired) electrons. The number of nitrogens with two attached hydrogens (primary N) is 1. The highest BCUT2D eigenvalue weighted by Crippen LogP contribution is 2.27. The van der Waals surface area contributed by atoms with E-state index < -0.39 is 0 Å². The molecule has 0 saturated carbocycles. The van der Waals surface area contributed by atoms with Gasteiger partial charge < -0.3 is 15.4 Å². The first-order valence-electron chi connectivity index (χ1n) is 7.23. The largest absolute Gasteiger partial charge is 0.474 e. The summed E-state index contributed by atoms with van der Waals surface area (Å²) in [6.45, 7) is 5.66. The number of nitrogens with zero attached hydrogens (tertiary/aromatic N) is 3. The summed E-state index contributed by atoms with van der Waals surface area (Å²) in [6, 6.07) is 6.09. The van der Waals surface area contributed by atoms with Crippen LogP contribution < -0.4 is 15.4 Å². The van der Waals surface area contributed by atoms with Gasteiger partial charge >= 0.3 is 0 Å². The molecule has 1 aromatic carbocycles. The van der Waals surface area contributed by atoms with E-state index >= 15 is 0 Å². The minimum absolute atomic E-state index is 0.0939. The average molecular weight is 284 g/mol. The van der Waals surface area contributed by atoms with Crippen LogP contribution in [0.4, 0.5) is 11.5 Å². The number of ether oxygens (including phenoxy) is 1. The van der Waals surface area contributed by atoms with Gasteiger partial charge in [-0.15, -0.1) is 0 Å². The van der Waals surface area contributed by atoms with Gasteiger partial charge in [0.1, 0.15) is 0 Å². The highest BCUT2D eigenvalue weighted by molar-refractivity contribution is 5.55. The van der Waals surface area contributed by atoms with E-state index in [1.807, 2.05) is 26.0 Å². The maximum absolute atomic E-state index is 6.04. The van der Waals surface area contributed by atoms with Gasteiger partial charge in [-0.2, -0.15) is 4.98 Å². The molecule has 1 aliphatic heterocycles. The van der Waals surface area contributed by atoms with E-state index in [1.165, 1.54) is 11.1 Å². The van der Waals surface area contributed by atoms with Crippen molar-refractivity contribution in [3.05, 3.63) is 41.7 Å². The third-order valence-electron chi connectivity index (χ3n) is 3.58. The number of hydrogen-bond donors (Lipinski definition) is 1. The van der Waals surface area contributed by atoms with Crippen molar-refractivity contribution in [3.8, 4) is 5.88 Å². The van der Waals surface area contributed by atoms with Gasteiger partial charge in [0.2, 0.25) is 5.88 Å². The maximum atomic E-state index is 6.04. The molecule has 2 aromatic rings. The summed E-state index contributed by atoms with van der Waals surface area (Å²) in [4.78, 5) is 11.0.